The van der Waals surface area contributed by atoms with Gasteiger partial charge in [-0.3, -0.25) is 9.36 Å². The van der Waals surface area contributed by atoms with Crippen molar-refractivity contribution in [1.29, 1.82) is 0 Å². The largest absolute Gasteiger partial charge is 0.394 e. The van der Waals surface area contributed by atoms with Gasteiger partial charge in [-0.1, -0.05) is 24.4 Å². The lowest BCUT2D eigenvalue weighted by molar-refractivity contribution is -0.0549. The van der Waals surface area contributed by atoms with Crippen molar-refractivity contribution >= 4 is 33.9 Å². The summed E-state index contributed by atoms with van der Waals surface area (Å²) in [6.45, 7) is -0.512. The molecule has 12 heteroatoms. The fraction of sp³-hybridized carbons (Fsp3) is 0.278. The summed E-state index contributed by atoms with van der Waals surface area (Å²) < 4.78 is 6.32. The normalized spacial score (nSPS) is 23.6. The zero-order chi connectivity index (χ0) is 21.4. The van der Waals surface area contributed by atoms with Gasteiger partial charge in [-0.2, -0.15) is 4.98 Å². The quantitative estimate of drug-likeness (QED) is 0.320. The summed E-state index contributed by atoms with van der Waals surface area (Å²) in [5.41, 5.74) is -0.668. The van der Waals surface area contributed by atoms with E-state index in [1.807, 2.05) is 0 Å². The Kier molecular flexibility index (Phi) is 5.40. The molecule has 0 saturated carbocycles. The van der Waals surface area contributed by atoms with Crippen LogP contribution in [-0.4, -0.2) is 64.7 Å². The first-order valence-corrected chi connectivity index (χ1v) is 9.32. The van der Waals surface area contributed by atoms with Crippen molar-refractivity contribution in [3.63, 3.8) is 0 Å². The van der Waals surface area contributed by atoms with Gasteiger partial charge in [-0.25, -0.2) is 9.78 Å². The maximum absolute atomic E-state index is 12.4. The van der Waals surface area contributed by atoms with Crippen molar-refractivity contribution < 1.29 is 20.1 Å². The van der Waals surface area contributed by atoms with Gasteiger partial charge in [-0.05, 0) is 18.2 Å². The molecule has 0 radical (unpaired) electrons. The van der Waals surface area contributed by atoms with Crippen LogP contribution in [0.4, 0.5) is 5.82 Å². The van der Waals surface area contributed by atoms with Crippen molar-refractivity contribution in [3.05, 3.63) is 63.2 Å². The van der Waals surface area contributed by atoms with Crippen LogP contribution in [0.15, 0.2) is 46.1 Å². The molecule has 5 N–H and O–H groups in total. The number of anilines is 1. The zero-order valence-electron chi connectivity index (χ0n) is 15.3. The van der Waals surface area contributed by atoms with Crippen LogP contribution in [0.2, 0.25) is 0 Å². The molecule has 1 saturated heterocycles. The van der Waals surface area contributed by atoms with Crippen molar-refractivity contribution in [2.24, 2.45) is 0 Å². The number of para-hydroxylation sites is 1. The topological polar surface area (TPSA) is 163 Å². The Morgan fingerprint density at radius 1 is 1.20 bits per heavy atom. The summed E-state index contributed by atoms with van der Waals surface area (Å²) in [7, 11) is 0. The molecule has 4 rings (SSSR count). The molecular weight excluding hydrogens is 414 g/mol. The highest BCUT2D eigenvalue weighted by atomic mass is 32.1. The maximum Gasteiger partial charge on any atom is 0.351 e. The van der Waals surface area contributed by atoms with Crippen LogP contribution >= 0.6 is 12.2 Å². The summed E-state index contributed by atoms with van der Waals surface area (Å²) in [6.07, 6.45) is -3.66. The number of benzene rings is 1. The lowest BCUT2D eigenvalue weighted by atomic mass is 10.1. The van der Waals surface area contributed by atoms with Crippen LogP contribution in [0.3, 0.4) is 0 Å². The number of aromatic amines is 1. The summed E-state index contributed by atoms with van der Waals surface area (Å²) in [5.74, 6) is 0.201. The van der Waals surface area contributed by atoms with Crippen LogP contribution in [-0.2, 0) is 4.74 Å². The third-order valence-electron chi connectivity index (χ3n) is 4.69. The molecule has 0 aliphatic carbocycles. The number of H-pyrrole nitrogens is 1. The summed E-state index contributed by atoms with van der Waals surface area (Å²) in [4.78, 5) is 35.3. The van der Waals surface area contributed by atoms with Crippen LogP contribution in [0.25, 0.3) is 10.9 Å². The van der Waals surface area contributed by atoms with E-state index in [4.69, 9.17) is 17.0 Å². The van der Waals surface area contributed by atoms with Crippen molar-refractivity contribution in [1.82, 2.24) is 19.5 Å². The Bertz CT molecular complexity index is 1230. The minimum absolute atomic E-state index is 0.0513. The molecule has 11 nitrogen and oxygen atoms in total. The SMILES string of the molecule is O=c1[nH]c(C(=S)Nc2ccn(C3OC(CO)C(O)C3O)c(=O)n2)nc2ccccc12. The van der Waals surface area contributed by atoms with Gasteiger partial charge < -0.3 is 30.4 Å². The lowest BCUT2D eigenvalue weighted by Crippen LogP contribution is -2.36. The summed E-state index contributed by atoms with van der Waals surface area (Å²) in [6, 6.07) is 8.19. The Hall–Kier alpha value is -3.03. The Morgan fingerprint density at radius 2 is 1.97 bits per heavy atom. The predicted molar refractivity (Wildman–Crippen MR) is 109 cm³/mol. The molecule has 1 aromatic carbocycles. The summed E-state index contributed by atoms with van der Waals surface area (Å²) in [5, 5.41) is 32.2. The van der Waals surface area contributed by atoms with Crippen molar-refractivity contribution in [2.45, 2.75) is 24.5 Å². The van der Waals surface area contributed by atoms with E-state index in [2.05, 4.69) is 20.3 Å². The average molecular weight is 431 g/mol. The number of nitrogens with one attached hydrogen (secondary N) is 2. The smallest absolute Gasteiger partial charge is 0.351 e. The third kappa shape index (κ3) is 3.62. The molecule has 1 aliphatic heterocycles. The molecule has 30 heavy (non-hydrogen) atoms. The van der Waals surface area contributed by atoms with Crippen LogP contribution in [0, 0.1) is 0 Å². The van der Waals surface area contributed by atoms with Crippen LogP contribution in [0.1, 0.15) is 12.1 Å². The van der Waals surface area contributed by atoms with Crippen LogP contribution in [0.5, 0.6) is 0 Å². The van der Waals surface area contributed by atoms with E-state index in [9.17, 15) is 24.9 Å². The fourth-order valence-corrected chi connectivity index (χ4v) is 3.36. The second-order valence-electron chi connectivity index (χ2n) is 6.62. The number of aliphatic hydroxyl groups excluding tert-OH is 3. The molecule has 4 atom stereocenters. The molecule has 0 spiro atoms. The molecular formula is C18H17N5O6S. The number of rotatable bonds is 4. The number of hydrogen-bond acceptors (Lipinski definition) is 9. The van der Waals surface area contributed by atoms with E-state index < -0.39 is 36.8 Å². The maximum atomic E-state index is 12.4. The molecule has 0 bridgehead atoms. The first kappa shape index (κ1) is 20.3. The van der Waals surface area contributed by atoms with Gasteiger partial charge in [0.15, 0.2) is 12.1 Å². The van der Waals surface area contributed by atoms with Gasteiger partial charge in [0.05, 0.1) is 17.5 Å². The van der Waals surface area contributed by atoms with E-state index >= 15 is 0 Å². The predicted octanol–water partition coefficient (Wildman–Crippen LogP) is -1.12. The van der Waals surface area contributed by atoms with Crippen molar-refractivity contribution in [3.8, 4) is 0 Å². The standard InChI is InChI=1S/C18H17N5O6S/c24-7-10-12(25)13(26)17(29-10)23-6-5-11(21-18(23)28)20-16(30)14-19-9-4-2-1-3-8(9)15(27)22-14/h1-6,10,12-13,17,24-26H,7H2,(H,19,22,27)(H,20,21,28,30). The Balaban J connectivity index is 1.56. The number of aliphatic hydroxyl groups is 3. The molecule has 1 aliphatic rings. The Labute approximate surface area is 173 Å². The van der Waals surface area contributed by atoms with Gasteiger partial charge >= 0.3 is 5.69 Å². The molecule has 3 aromatic rings. The molecule has 156 valence electrons. The van der Waals surface area contributed by atoms with Gasteiger partial charge in [0.1, 0.15) is 29.1 Å². The molecule has 4 unspecified atom stereocenters. The highest BCUT2D eigenvalue weighted by Gasteiger charge is 2.43. The third-order valence-corrected chi connectivity index (χ3v) is 4.99. The molecule has 3 heterocycles. The highest BCUT2D eigenvalue weighted by molar-refractivity contribution is 7.81. The molecule has 2 aromatic heterocycles. The van der Waals surface area contributed by atoms with E-state index in [0.29, 0.717) is 10.9 Å². The van der Waals surface area contributed by atoms with Crippen molar-refractivity contribution in [2.75, 3.05) is 11.9 Å². The van der Waals surface area contributed by atoms with Gasteiger partial charge in [0.2, 0.25) is 0 Å². The van der Waals surface area contributed by atoms with E-state index in [1.54, 1.807) is 24.3 Å². The average Bonchev–Trinajstić information content (AvgIpc) is 3.02. The second kappa shape index (κ2) is 8.01. The first-order chi connectivity index (χ1) is 14.4. The first-order valence-electron chi connectivity index (χ1n) is 8.91. The van der Waals surface area contributed by atoms with E-state index in [0.717, 1.165) is 4.57 Å². The number of nitrogens with zero attached hydrogens (tertiary/aromatic N) is 3. The van der Waals surface area contributed by atoms with Crippen LogP contribution < -0.4 is 16.6 Å². The zero-order valence-corrected chi connectivity index (χ0v) is 16.1. The van der Waals surface area contributed by atoms with E-state index in [1.165, 1.54) is 12.3 Å². The summed E-state index contributed by atoms with van der Waals surface area (Å²) >= 11 is 5.26. The fourth-order valence-electron chi connectivity index (χ4n) is 3.16. The molecule has 0 amide bonds. The minimum atomic E-state index is -1.41. The number of fused-ring (bicyclic) bond motifs is 1. The number of ether oxygens (including phenoxy) is 1. The van der Waals surface area contributed by atoms with Gasteiger partial charge in [0.25, 0.3) is 5.56 Å². The number of hydrogen-bond donors (Lipinski definition) is 5. The molecule has 1 fully saturated rings. The Morgan fingerprint density at radius 3 is 2.67 bits per heavy atom. The van der Waals surface area contributed by atoms with Gasteiger partial charge in [-0.15, -0.1) is 0 Å². The number of thiocarbonyl (C=S) groups is 1. The highest BCUT2D eigenvalue weighted by Crippen LogP contribution is 2.28. The minimum Gasteiger partial charge on any atom is -0.394 e. The lowest BCUT2D eigenvalue weighted by Gasteiger charge is -2.17. The van der Waals surface area contributed by atoms with E-state index in [-0.39, 0.29) is 22.2 Å². The van der Waals surface area contributed by atoms with Gasteiger partial charge in [0, 0.05) is 6.20 Å². The monoisotopic (exact) mass is 431 g/mol. The number of aromatic nitrogens is 4. The second-order valence-corrected chi connectivity index (χ2v) is 7.03.